The molecule has 0 radical (unpaired) electrons. The van der Waals surface area contributed by atoms with Gasteiger partial charge in [-0.2, -0.15) is 0 Å². The number of ether oxygens (including phenoxy) is 3. The summed E-state index contributed by atoms with van der Waals surface area (Å²) in [6.07, 6.45) is 2.96. The lowest BCUT2D eigenvalue weighted by Crippen LogP contribution is -2.02. The van der Waals surface area contributed by atoms with Gasteiger partial charge in [0.1, 0.15) is 18.2 Å². The standard InChI is InChI=1S/C30H28N3O6PS/c1-21-26(31-30(41-21)23-9-5-3-6-10-23)20-38-27-14-13-22(17-28(27)37-2)19-39-29-24(15-16-40(34,35)36)18-33(32-29)25-11-7-4-8-12-25/h3-18H,19-20H2,1-2H3,(H2,34,35,36). The number of aryl methyl sites for hydroxylation is 1. The fourth-order valence-electron chi connectivity index (χ4n) is 3.97. The highest BCUT2D eigenvalue weighted by atomic mass is 32.1. The number of para-hydroxylation sites is 1. The van der Waals surface area contributed by atoms with E-state index in [0.29, 0.717) is 23.7 Å². The van der Waals surface area contributed by atoms with Crippen LogP contribution in [-0.2, 0) is 17.8 Å². The number of hydrogen-bond donors (Lipinski definition) is 2. The summed E-state index contributed by atoms with van der Waals surface area (Å²) < 4.78 is 30.6. The number of benzene rings is 3. The minimum Gasteiger partial charge on any atom is -0.493 e. The Balaban J connectivity index is 1.30. The van der Waals surface area contributed by atoms with Crippen LogP contribution in [0.2, 0.25) is 0 Å². The van der Waals surface area contributed by atoms with Crippen LogP contribution >= 0.6 is 18.9 Å². The van der Waals surface area contributed by atoms with Gasteiger partial charge in [0.15, 0.2) is 11.5 Å². The Hall–Kier alpha value is -4.21. The Morgan fingerprint density at radius 3 is 2.39 bits per heavy atom. The third kappa shape index (κ3) is 7.31. The first-order valence-electron chi connectivity index (χ1n) is 12.6. The van der Waals surface area contributed by atoms with Crippen molar-refractivity contribution in [2.45, 2.75) is 20.1 Å². The summed E-state index contributed by atoms with van der Waals surface area (Å²) >= 11 is 1.63. The van der Waals surface area contributed by atoms with Gasteiger partial charge in [-0.3, -0.25) is 4.57 Å². The first-order valence-corrected chi connectivity index (χ1v) is 15.1. The van der Waals surface area contributed by atoms with Crippen molar-refractivity contribution in [3.05, 3.63) is 113 Å². The van der Waals surface area contributed by atoms with Gasteiger partial charge in [-0.15, -0.1) is 16.4 Å². The maximum Gasteiger partial charge on any atom is 0.349 e. The third-order valence-corrected chi connectivity index (χ3v) is 7.66. The lowest BCUT2D eigenvalue weighted by Gasteiger charge is -2.12. The van der Waals surface area contributed by atoms with Gasteiger partial charge in [0.05, 0.1) is 24.1 Å². The SMILES string of the molecule is COc1cc(COc2nn(-c3ccccc3)cc2C=CP(=O)(O)O)ccc1OCc1nc(-c2ccccc2)sc1C. The molecule has 0 aliphatic rings. The Morgan fingerprint density at radius 1 is 0.951 bits per heavy atom. The van der Waals surface area contributed by atoms with Crippen molar-refractivity contribution in [2.24, 2.45) is 0 Å². The summed E-state index contributed by atoms with van der Waals surface area (Å²) in [6, 6.07) is 24.9. The monoisotopic (exact) mass is 589 g/mol. The molecular weight excluding hydrogens is 561 g/mol. The number of rotatable bonds is 11. The second kappa shape index (κ2) is 12.5. The van der Waals surface area contributed by atoms with E-state index in [-0.39, 0.29) is 12.5 Å². The van der Waals surface area contributed by atoms with Gasteiger partial charge in [-0.05, 0) is 42.8 Å². The van der Waals surface area contributed by atoms with Crippen LogP contribution in [0, 0.1) is 6.92 Å². The third-order valence-electron chi connectivity index (χ3n) is 6.06. The highest BCUT2D eigenvalue weighted by Crippen LogP contribution is 2.38. The first-order chi connectivity index (χ1) is 19.8. The van der Waals surface area contributed by atoms with E-state index >= 15 is 0 Å². The van der Waals surface area contributed by atoms with Crippen LogP contribution in [0.25, 0.3) is 22.3 Å². The normalized spacial score (nSPS) is 11.6. The molecule has 2 heterocycles. The maximum absolute atomic E-state index is 11.4. The molecule has 0 saturated heterocycles. The molecule has 3 aromatic carbocycles. The second-order valence-corrected chi connectivity index (χ2v) is 11.7. The summed E-state index contributed by atoms with van der Waals surface area (Å²) in [5.41, 5.74) is 3.95. The molecule has 5 aromatic rings. The molecule has 0 fully saturated rings. The molecule has 9 nitrogen and oxygen atoms in total. The zero-order valence-electron chi connectivity index (χ0n) is 22.4. The van der Waals surface area contributed by atoms with Crippen LogP contribution in [-0.4, -0.2) is 31.7 Å². The summed E-state index contributed by atoms with van der Waals surface area (Å²) in [6.45, 7) is 2.47. The number of thiazole rings is 1. The van der Waals surface area contributed by atoms with Gasteiger partial charge in [0.2, 0.25) is 5.88 Å². The molecule has 0 bridgehead atoms. The van der Waals surface area contributed by atoms with Crippen molar-refractivity contribution < 1.29 is 28.6 Å². The van der Waals surface area contributed by atoms with E-state index in [4.69, 9.17) is 19.2 Å². The van der Waals surface area contributed by atoms with Crippen LogP contribution in [0.15, 0.2) is 90.9 Å². The molecule has 0 unspecified atom stereocenters. The predicted octanol–water partition coefficient (Wildman–Crippen LogP) is 6.62. The zero-order valence-corrected chi connectivity index (χ0v) is 24.1. The molecule has 210 valence electrons. The smallest absolute Gasteiger partial charge is 0.349 e. The van der Waals surface area contributed by atoms with Gasteiger partial charge in [-0.25, -0.2) is 9.67 Å². The molecule has 2 N–H and O–H groups in total. The quantitative estimate of drug-likeness (QED) is 0.165. The highest BCUT2D eigenvalue weighted by Gasteiger charge is 2.15. The lowest BCUT2D eigenvalue weighted by atomic mass is 10.2. The van der Waals surface area contributed by atoms with Crippen LogP contribution in [0.5, 0.6) is 17.4 Å². The van der Waals surface area contributed by atoms with Crippen LogP contribution < -0.4 is 14.2 Å². The van der Waals surface area contributed by atoms with Crippen LogP contribution in [0.3, 0.4) is 0 Å². The van der Waals surface area contributed by atoms with E-state index < -0.39 is 7.60 Å². The van der Waals surface area contributed by atoms with Gasteiger partial charge in [0, 0.05) is 22.5 Å². The number of aromatic nitrogens is 3. The van der Waals surface area contributed by atoms with Crippen LogP contribution in [0.4, 0.5) is 0 Å². The van der Waals surface area contributed by atoms with Gasteiger partial charge in [-0.1, -0.05) is 54.6 Å². The average molecular weight is 590 g/mol. The predicted molar refractivity (Wildman–Crippen MR) is 159 cm³/mol. The number of methoxy groups -OCH3 is 1. The van der Waals surface area contributed by atoms with Gasteiger partial charge < -0.3 is 24.0 Å². The van der Waals surface area contributed by atoms with Gasteiger partial charge in [0.25, 0.3) is 0 Å². The molecule has 0 saturated carbocycles. The van der Waals surface area contributed by atoms with E-state index in [9.17, 15) is 14.4 Å². The zero-order chi connectivity index (χ0) is 28.8. The van der Waals surface area contributed by atoms with E-state index in [1.807, 2.05) is 85.8 Å². The largest absolute Gasteiger partial charge is 0.493 e. The summed E-state index contributed by atoms with van der Waals surface area (Å²) in [7, 11) is -2.79. The molecule has 0 aliphatic carbocycles. The number of nitrogens with zero attached hydrogens (tertiary/aromatic N) is 3. The maximum atomic E-state index is 11.4. The van der Waals surface area contributed by atoms with E-state index in [2.05, 4.69) is 5.10 Å². The summed E-state index contributed by atoms with van der Waals surface area (Å²) in [4.78, 5) is 24.4. The Labute approximate surface area is 241 Å². The number of hydrogen-bond acceptors (Lipinski definition) is 7. The Kier molecular flexibility index (Phi) is 8.66. The Bertz CT molecular complexity index is 1700. The van der Waals surface area contributed by atoms with E-state index in [1.165, 1.54) is 6.08 Å². The fraction of sp³-hybridized carbons (Fsp3) is 0.133. The average Bonchev–Trinajstić information content (AvgIpc) is 3.57. The molecular formula is C30H28N3O6PS. The minimum atomic E-state index is -4.36. The molecule has 5 rings (SSSR count). The van der Waals surface area contributed by atoms with E-state index in [0.717, 1.165) is 38.2 Å². The molecule has 0 atom stereocenters. The highest BCUT2D eigenvalue weighted by molar-refractivity contribution is 7.55. The molecule has 11 heteroatoms. The van der Waals surface area contributed by atoms with Crippen molar-refractivity contribution in [3.63, 3.8) is 0 Å². The van der Waals surface area contributed by atoms with Crippen molar-refractivity contribution in [2.75, 3.05) is 7.11 Å². The fourth-order valence-corrected chi connectivity index (χ4v) is 5.25. The van der Waals surface area contributed by atoms with Crippen LogP contribution in [0.1, 0.15) is 21.7 Å². The topological polar surface area (TPSA) is 116 Å². The second-order valence-electron chi connectivity index (χ2n) is 9.03. The van der Waals surface area contributed by atoms with Crippen molar-refractivity contribution in [3.8, 4) is 33.6 Å². The molecule has 2 aromatic heterocycles. The minimum absolute atomic E-state index is 0.144. The van der Waals surface area contributed by atoms with Crippen molar-refractivity contribution >= 4 is 25.0 Å². The molecule has 0 amide bonds. The van der Waals surface area contributed by atoms with Gasteiger partial charge >= 0.3 is 7.60 Å². The molecule has 0 spiro atoms. The summed E-state index contributed by atoms with van der Waals surface area (Å²) in [5, 5.41) is 5.43. The molecule has 41 heavy (non-hydrogen) atoms. The lowest BCUT2D eigenvalue weighted by molar-refractivity contribution is 0.276. The summed E-state index contributed by atoms with van der Waals surface area (Å²) in [5.74, 6) is 2.17. The molecule has 0 aliphatic heterocycles. The van der Waals surface area contributed by atoms with Crippen molar-refractivity contribution in [1.29, 1.82) is 0 Å². The van der Waals surface area contributed by atoms with E-state index in [1.54, 1.807) is 29.3 Å². The van der Waals surface area contributed by atoms with Crippen molar-refractivity contribution in [1.82, 2.24) is 14.8 Å². The first kappa shape index (κ1) is 28.3. The Morgan fingerprint density at radius 2 is 1.68 bits per heavy atom.